The van der Waals surface area contributed by atoms with E-state index in [1.807, 2.05) is 75.4 Å². The SMILES string of the molecule is CN1CCN(Cc2ccccc2C(=O)/C=C/c2cccc(/C=C/C(=O)OC(C)(C)C)c2)CC1. The maximum Gasteiger partial charge on any atom is 0.331 e. The van der Waals surface area contributed by atoms with E-state index in [0.717, 1.165) is 55.0 Å². The molecule has 1 aliphatic heterocycles. The molecular weight excluding hydrogens is 412 g/mol. The first-order chi connectivity index (χ1) is 15.7. The molecule has 3 rings (SSSR count). The van der Waals surface area contributed by atoms with Crippen molar-refractivity contribution in [2.24, 2.45) is 0 Å². The molecule has 1 heterocycles. The summed E-state index contributed by atoms with van der Waals surface area (Å²) in [5.74, 6) is -0.384. The lowest BCUT2D eigenvalue weighted by atomic mass is 10.0. The zero-order valence-corrected chi connectivity index (χ0v) is 20.1. The third-order valence-corrected chi connectivity index (χ3v) is 5.43. The average Bonchev–Trinajstić information content (AvgIpc) is 2.77. The molecular formula is C28H34N2O3. The molecule has 174 valence electrons. The minimum Gasteiger partial charge on any atom is -0.457 e. The van der Waals surface area contributed by atoms with E-state index in [2.05, 4.69) is 16.8 Å². The van der Waals surface area contributed by atoms with E-state index >= 15 is 0 Å². The smallest absolute Gasteiger partial charge is 0.331 e. The van der Waals surface area contributed by atoms with Crippen molar-refractivity contribution in [1.82, 2.24) is 9.80 Å². The van der Waals surface area contributed by atoms with E-state index in [-0.39, 0.29) is 11.8 Å². The number of ether oxygens (including phenoxy) is 1. The van der Waals surface area contributed by atoms with Crippen LogP contribution in [0.25, 0.3) is 12.2 Å². The van der Waals surface area contributed by atoms with Gasteiger partial charge >= 0.3 is 5.97 Å². The van der Waals surface area contributed by atoms with Crippen molar-refractivity contribution in [1.29, 1.82) is 0 Å². The Kier molecular flexibility index (Phi) is 8.37. The fourth-order valence-corrected chi connectivity index (χ4v) is 3.67. The molecule has 1 aliphatic rings. The van der Waals surface area contributed by atoms with Gasteiger partial charge in [-0.15, -0.1) is 0 Å². The summed E-state index contributed by atoms with van der Waals surface area (Å²) in [6, 6.07) is 15.5. The molecule has 0 atom stereocenters. The fourth-order valence-electron chi connectivity index (χ4n) is 3.67. The number of benzene rings is 2. The van der Waals surface area contributed by atoms with Gasteiger partial charge in [0.2, 0.25) is 0 Å². The van der Waals surface area contributed by atoms with Gasteiger partial charge in [-0.2, -0.15) is 0 Å². The average molecular weight is 447 g/mol. The van der Waals surface area contributed by atoms with Crippen LogP contribution in [-0.4, -0.2) is 60.4 Å². The highest BCUT2D eigenvalue weighted by atomic mass is 16.6. The van der Waals surface area contributed by atoms with E-state index in [1.54, 1.807) is 12.2 Å². The van der Waals surface area contributed by atoms with Gasteiger partial charge in [0.15, 0.2) is 5.78 Å². The van der Waals surface area contributed by atoms with E-state index in [4.69, 9.17) is 4.74 Å². The van der Waals surface area contributed by atoms with E-state index in [1.165, 1.54) is 6.08 Å². The van der Waals surface area contributed by atoms with E-state index in [0.29, 0.717) is 0 Å². The van der Waals surface area contributed by atoms with Crippen LogP contribution in [-0.2, 0) is 16.1 Å². The van der Waals surface area contributed by atoms with Crippen molar-refractivity contribution >= 4 is 23.9 Å². The van der Waals surface area contributed by atoms with Gasteiger partial charge in [-0.05, 0) is 62.7 Å². The number of esters is 1. The Hall–Kier alpha value is -3.02. The number of allylic oxidation sites excluding steroid dienone is 1. The highest BCUT2D eigenvalue weighted by Gasteiger charge is 2.17. The Morgan fingerprint density at radius 3 is 2.21 bits per heavy atom. The van der Waals surface area contributed by atoms with Gasteiger partial charge in [0.1, 0.15) is 5.60 Å². The molecule has 0 saturated carbocycles. The molecule has 0 N–H and O–H groups in total. The lowest BCUT2D eigenvalue weighted by Crippen LogP contribution is -2.44. The maximum absolute atomic E-state index is 13.0. The van der Waals surface area contributed by atoms with Crippen LogP contribution in [0.2, 0.25) is 0 Å². The monoisotopic (exact) mass is 446 g/mol. The summed E-state index contributed by atoms with van der Waals surface area (Å²) in [5, 5.41) is 0. The Morgan fingerprint density at radius 2 is 1.55 bits per heavy atom. The molecule has 1 saturated heterocycles. The third kappa shape index (κ3) is 8.12. The van der Waals surface area contributed by atoms with Crippen molar-refractivity contribution in [3.8, 4) is 0 Å². The molecule has 5 heteroatoms. The van der Waals surface area contributed by atoms with Gasteiger partial charge in [0.05, 0.1) is 0 Å². The summed E-state index contributed by atoms with van der Waals surface area (Å²) in [5.41, 5.74) is 3.05. The molecule has 33 heavy (non-hydrogen) atoms. The number of hydrogen-bond donors (Lipinski definition) is 0. The quantitative estimate of drug-likeness (QED) is 0.351. The second kappa shape index (κ2) is 11.2. The van der Waals surface area contributed by atoms with Crippen LogP contribution >= 0.6 is 0 Å². The fraction of sp³-hybridized carbons (Fsp3) is 0.357. The van der Waals surface area contributed by atoms with E-state index in [9.17, 15) is 9.59 Å². The topological polar surface area (TPSA) is 49.9 Å². The highest BCUT2D eigenvalue weighted by Crippen LogP contribution is 2.16. The second-order valence-corrected chi connectivity index (χ2v) is 9.47. The van der Waals surface area contributed by atoms with Crippen molar-refractivity contribution < 1.29 is 14.3 Å². The summed E-state index contributed by atoms with van der Waals surface area (Å²) < 4.78 is 5.30. The number of likely N-dealkylation sites (N-methyl/N-ethyl adjacent to an activating group) is 1. The Morgan fingerprint density at radius 1 is 0.909 bits per heavy atom. The van der Waals surface area contributed by atoms with Gasteiger partial charge in [-0.25, -0.2) is 4.79 Å². The lowest BCUT2D eigenvalue weighted by molar-refractivity contribution is -0.148. The second-order valence-electron chi connectivity index (χ2n) is 9.47. The lowest BCUT2D eigenvalue weighted by Gasteiger charge is -2.32. The van der Waals surface area contributed by atoms with Crippen molar-refractivity contribution in [3.05, 3.63) is 82.9 Å². The Bertz CT molecular complexity index is 1030. The summed E-state index contributed by atoms with van der Waals surface area (Å²) in [6.07, 6.45) is 6.59. The van der Waals surface area contributed by atoms with E-state index < -0.39 is 5.60 Å². The summed E-state index contributed by atoms with van der Waals surface area (Å²) in [4.78, 5) is 29.6. The van der Waals surface area contributed by atoms with Crippen LogP contribution in [0.3, 0.4) is 0 Å². The van der Waals surface area contributed by atoms with Crippen LogP contribution in [0, 0.1) is 0 Å². The molecule has 2 aromatic rings. The summed E-state index contributed by atoms with van der Waals surface area (Å²) in [6.45, 7) is 10.4. The predicted molar refractivity (Wildman–Crippen MR) is 134 cm³/mol. The molecule has 2 aromatic carbocycles. The van der Waals surface area contributed by atoms with Crippen LogP contribution in [0.5, 0.6) is 0 Å². The molecule has 0 aromatic heterocycles. The number of rotatable bonds is 7. The number of piperazine rings is 1. The minimum atomic E-state index is -0.521. The first kappa shape index (κ1) is 24.6. The summed E-state index contributed by atoms with van der Waals surface area (Å²) in [7, 11) is 2.14. The van der Waals surface area contributed by atoms with Gasteiger partial charge in [-0.3, -0.25) is 9.69 Å². The normalized spacial score (nSPS) is 15.9. The number of nitrogens with zero attached hydrogens (tertiary/aromatic N) is 2. The van der Waals surface area contributed by atoms with Gasteiger partial charge < -0.3 is 9.64 Å². The third-order valence-electron chi connectivity index (χ3n) is 5.43. The van der Waals surface area contributed by atoms with Gasteiger partial charge in [-0.1, -0.05) is 48.5 Å². The molecule has 0 aliphatic carbocycles. The van der Waals surface area contributed by atoms with Crippen LogP contribution in [0.4, 0.5) is 0 Å². The van der Waals surface area contributed by atoms with Crippen LogP contribution in [0.15, 0.2) is 60.7 Å². The highest BCUT2D eigenvalue weighted by molar-refractivity contribution is 6.07. The molecule has 0 radical (unpaired) electrons. The molecule has 0 unspecified atom stereocenters. The largest absolute Gasteiger partial charge is 0.457 e. The molecule has 0 bridgehead atoms. The number of carbonyl (C=O) groups excluding carboxylic acids is 2. The van der Waals surface area contributed by atoms with Crippen molar-refractivity contribution in [3.63, 3.8) is 0 Å². The number of ketones is 1. The number of hydrogen-bond acceptors (Lipinski definition) is 5. The Balaban J connectivity index is 1.66. The van der Waals surface area contributed by atoms with Gasteiger partial charge in [0.25, 0.3) is 0 Å². The van der Waals surface area contributed by atoms with Crippen molar-refractivity contribution in [2.75, 3.05) is 33.2 Å². The standard InChI is InChI=1S/C28H34N2O3/c1-28(2,3)33-27(32)15-13-23-9-7-8-22(20-23)12-14-26(31)25-11-6-5-10-24(25)21-30-18-16-29(4)17-19-30/h5-15,20H,16-19,21H2,1-4H3/b14-12+,15-13+. The van der Waals surface area contributed by atoms with Gasteiger partial charge in [0, 0.05) is 44.4 Å². The molecule has 0 spiro atoms. The van der Waals surface area contributed by atoms with Crippen LogP contribution < -0.4 is 0 Å². The zero-order valence-electron chi connectivity index (χ0n) is 20.1. The maximum atomic E-state index is 13.0. The van der Waals surface area contributed by atoms with Crippen LogP contribution in [0.1, 0.15) is 47.8 Å². The predicted octanol–water partition coefficient (Wildman–Crippen LogP) is 4.69. The molecule has 0 amide bonds. The first-order valence-corrected chi connectivity index (χ1v) is 11.4. The molecule has 1 fully saturated rings. The number of carbonyl (C=O) groups is 2. The van der Waals surface area contributed by atoms with Crippen molar-refractivity contribution in [2.45, 2.75) is 32.9 Å². The molecule has 5 nitrogen and oxygen atoms in total. The summed E-state index contributed by atoms with van der Waals surface area (Å²) >= 11 is 0. The first-order valence-electron chi connectivity index (χ1n) is 11.4. The Labute approximate surface area is 197 Å². The minimum absolute atomic E-state index is 0.00516. The zero-order chi connectivity index (χ0) is 23.8.